The van der Waals surface area contributed by atoms with Crippen LogP contribution >= 0.6 is 22.9 Å². The molecule has 26 heavy (non-hydrogen) atoms. The van der Waals surface area contributed by atoms with Gasteiger partial charge in [0.2, 0.25) is 6.23 Å². The Morgan fingerprint density at radius 3 is 2.81 bits per heavy atom. The molecule has 2 atom stereocenters. The predicted octanol–water partition coefficient (Wildman–Crippen LogP) is 5.78. The fourth-order valence-corrected chi connectivity index (χ4v) is 4.43. The highest BCUT2D eigenvalue weighted by Crippen LogP contribution is 2.48. The largest absolute Gasteiger partial charge is 0.464 e. The van der Waals surface area contributed by atoms with Crippen LogP contribution in [0.15, 0.2) is 65.1 Å². The molecular weight excluding hydrogens is 371 g/mol. The van der Waals surface area contributed by atoms with Gasteiger partial charge in [0, 0.05) is 17.0 Å². The number of fused-ring (bicyclic) bond motifs is 3. The van der Waals surface area contributed by atoms with Crippen molar-refractivity contribution in [3.05, 3.63) is 86.8 Å². The topological polar surface area (TPSA) is 24.8 Å². The van der Waals surface area contributed by atoms with E-state index in [0.717, 1.165) is 28.3 Å². The molecule has 130 valence electrons. The van der Waals surface area contributed by atoms with Crippen LogP contribution in [0.5, 0.6) is 5.75 Å². The molecule has 5 rings (SSSR count). The molecule has 0 bridgehead atoms. The molecule has 0 N–H and O–H groups in total. The van der Waals surface area contributed by atoms with Crippen LogP contribution < -0.4 is 4.74 Å². The average Bonchev–Trinajstić information content (AvgIpc) is 3.31. The number of hydrogen-bond acceptors (Lipinski definition) is 4. The summed E-state index contributed by atoms with van der Waals surface area (Å²) < 4.78 is 20.6. The summed E-state index contributed by atoms with van der Waals surface area (Å²) in [5.74, 6) is 0.431. The van der Waals surface area contributed by atoms with Crippen molar-refractivity contribution in [2.45, 2.75) is 18.7 Å². The van der Waals surface area contributed by atoms with Crippen LogP contribution in [0.3, 0.4) is 0 Å². The van der Waals surface area contributed by atoms with Crippen LogP contribution in [-0.4, -0.2) is 10.7 Å². The zero-order valence-corrected chi connectivity index (χ0v) is 15.2. The second-order valence-electron chi connectivity index (χ2n) is 6.30. The first-order chi connectivity index (χ1) is 12.7. The van der Waals surface area contributed by atoms with Crippen molar-refractivity contribution in [2.24, 2.45) is 5.10 Å². The number of hydrogen-bond donors (Lipinski definition) is 0. The van der Waals surface area contributed by atoms with Gasteiger partial charge in [-0.25, -0.2) is 9.40 Å². The standard InChI is InChI=1S/C20H14ClFN2OS/c21-12-7-8-18-14(10-12)17-11-16(19-6-3-9-26-19)23-24(17)20(25-18)13-4-1-2-5-15(13)22/h1-10,17,20H,11H2/t17-,20-/m0/s1. The second kappa shape index (κ2) is 6.11. The first-order valence-corrected chi connectivity index (χ1v) is 9.57. The lowest BCUT2D eigenvalue weighted by Crippen LogP contribution is -2.34. The molecule has 6 heteroatoms. The fourth-order valence-electron chi connectivity index (χ4n) is 3.53. The molecule has 0 unspecified atom stereocenters. The molecule has 0 amide bonds. The summed E-state index contributed by atoms with van der Waals surface area (Å²) in [5, 5.41) is 9.36. The quantitative estimate of drug-likeness (QED) is 0.559. The third-order valence-corrected chi connectivity index (χ3v) is 5.88. The summed E-state index contributed by atoms with van der Waals surface area (Å²) in [5.41, 5.74) is 2.46. The second-order valence-corrected chi connectivity index (χ2v) is 7.68. The van der Waals surface area contributed by atoms with Crippen LogP contribution in [-0.2, 0) is 0 Å². The number of benzene rings is 2. The van der Waals surface area contributed by atoms with E-state index in [1.165, 1.54) is 6.07 Å². The maximum absolute atomic E-state index is 14.5. The summed E-state index contributed by atoms with van der Waals surface area (Å²) >= 11 is 7.86. The van der Waals surface area contributed by atoms with Crippen LogP contribution in [0.4, 0.5) is 4.39 Å². The van der Waals surface area contributed by atoms with Gasteiger partial charge in [0.25, 0.3) is 0 Å². The molecular formula is C20H14ClFN2OS. The Kier molecular flexibility index (Phi) is 3.72. The highest BCUT2D eigenvalue weighted by molar-refractivity contribution is 7.12. The summed E-state index contributed by atoms with van der Waals surface area (Å²) in [6.07, 6.45) is 0.134. The number of hydrazone groups is 1. The van der Waals surface area contributed by atoms with Gasteiger partial charge in [0.05, 0.1) is 22.2 Å². The van der Waals surface area contributed by atoms with E-state index < -0.39 is 6.23 Å². The number of nitrogens with zero attached hydrogens (tertiary/aromatic N) is 2. The van der Waals surface area contributed by atoms with Gasteiger partial charge >= 0.3 is 0 Å². The third kappa shape index (κ3) is 2.50. The Morgan fingerprint density at radius 2 is 2.00 bits per heavy atom. The minimum absolute atomic E-state index is 0.0286. The zero-order valence-electron chi connectivity index (χ0n) is 13.6. The monoisotopic (exact) mass is 384 g/mol. The lowest BCUT2D eigenvalue weighted by molar-refractivity contribution is -0.0211. The molecule has 2 aliphatic rings. The highest BCUT2D eigenvalue weighted by atomic mass is 35.5. The molecule has 2 aliphatic heterocycles. The normalized spacial score (nSPS) is 21.0. The predicted molar refractivity (Wildman–Crippen MR) is 101 cm³/mol. The minimum Gasteiger partial charge on any atom is -0.464 e. The molecule has 0 spiro atoms. The molecule has 3 heterocycles. The van der Waals surface area contributed by atoms with Gasteiger partial charge in [-0.2, -0.15) is 5.10 Å². The smallest absolute Gasteiger partial charge is 0.216 e. The Balaban J connectivity index is 1.64. The van der Waals surface area contributed by atoms with Crippen LogP contribution in [0.1, 0.15) is 34.7 Å². The minimum atomic E-state index is -0.604. The average molecular weight is 385 g/mol. The Hall–Kier alpha value is -2.37. The molecule has 2 aromatic carbocycles. The van der Waals surface area contributed by atoms with Gasteiger partial charge in [-0.05, 0) is 35.7 Å². The van der Waals surface area contributed by atoms with E-state index in [9.17, 15) is 4.39 Å². The zero-order chi connectivity index (χ0) is 17.7. The van der Waals surface area contributed by atoms with Crippen molar-refractivity contribution in [2.75, 3.05) is 0 Å². The molecule has 0 saturated heterocycles. The van der Waals surface area contributed by atoms with Gasteiger partial charge in [-0.15, -0.1) is 11.3 Å². The van der Waals surface area contributed by atoms with Crippen molar-refractivity contribution in [1.82, 2.24) is 5.01 Å². The van der Waals surface area contributed by atoms with E-state index in [4.69, 9.17) is 21.4 Å². The third-order valence-electron chi connectivity index (χ3n) is 4.73. The maximum Gasteiger partial charge on any atom is 0.216 e. The van der Waals surface area contributed by atoms with E-state index in [1.807, 2.05) is 34.7 Å². The SMILES string of the molecule is Fc1ccccc1[C@@H]1Oc2ccc(Cl)cc2[C@@H]2CC(c3cccs3)=NN21. The highest BCUT2D eigenvalue weighted by Gasteiger charge is 2.42. The molecule has 3 nitrogen and oxygen atoms in total. The fraction of sp³-hybridized carbons (Fsp3) is 0.150. The van der Waals surface area contributed by atoms with Gasteiger partial charge in [-0.3, -0.25) is 0 Å². The van der Waals surface area contributed by atoms with Gasteiger partial charge in [0.1, 0.15) is 11.6 Å². The van der Waals surface area contributed by atoms with Crippen LogP contribution in [0, 0.1) is 5.82 Å². The van der Waals surface area contributed by atoms with E-state index in [-0.39, 0.29) is 11.9 Å². The Bertz CT molecular complexity index is 1000. The van der Waals surface area contributed by atoms with Crippen molar-refractivity contribution < 1.29 is 9.13 Å². The maximum atomic E-state index is 14.5. The van der Waals surface area contributed by atoms with Crippen molar-refractivity contribution in [3.8, 4) is 5.75 Å². The van der Waals surface area contributed by atoms with E-state index in [1.54, 1.807) is 29.5 Å². The Morgan fingerprint density at radius 1 is 1.12 bits per heavy atom. The van der Waals surface area contributed by atoms with Crippen molar-refractivity contribution in [1.29, 1.82) is 0 Å². The number of ether oxygens (including phenoxy) is 1. The molecule has 0 fully saturated rings. The first-order valence-electron chi connectivity index (χ1n) is 8.31. The van der Waals surface area contributed by atoms with Gasteiger partial charge < -0.3 is 4.74 Å². The van der Waals surface area contributed by atoms with Crippen LogP contribution in [0.2, 0.25) is 5.02 Å². The molecule has 3 aromatic rings. The van der Waals surface area contributed by atoms with Crippen molar-refractivity contribution >= 4 is 28.6 Å². The molecule has 0 aliphatic carbocycles. The lowest BCUT2D eigenvalue weighted by Gasteiger charge is -2.38. The lowest BCUT2D eigenvalue weighted by atomic mass is 9.97. The summed E-state index contributed by atoms with van der Waals surface area (Å²) in [4.78, 5) is 1.12. The van der Waals surface area contributed by atoms with E-state index in [0.29, 0.717) is 10.6 Å². The summed E-state index contributed by atoms with van der Waals surface area (Å²) in [6.45, 7) is 0. The summed E-state index contributed by atoms with van der Waals surface area (Å²) in [6, 6.07) is 16.3. The number of halogens is 2. The van der Waals surface area contributed by atoms with Crippen molar-refractivity contribution in [3.63, 3.8) is 0 Å². The Labute approximate surface area is 159 Å². The molecule has 0 saturated carbocycles. The number of rotatable bonds is 2. The molecule has 0 radical (unpaired) electrons. The van der Waals surface area contributed by atoms with Gasteiger partial charge in [-0.1, -0.05) is 35.9 Å². The first kappa shape index (κ1) is 15.9. The van der Waals surface area contributed by atoms with Gasteiger partial charge in [0.15, 0.2) is 0 Å². The van der Waals surface area contributed by atoms with E-state index in [2.05, 4.69) is 6.07 Å². The van der Waals surface area contributed by atoms with Crippen LogP contribution in [0.25, 0.3) is 0 Å². The summed E-state index contributed by atoms with van der Waals surface area (Å²) in [7, 11) is 0. The molecule has 1 aromatic heterocycles. The number of thiophene rings is 1. The van der Waals surface area contributed by atoms with E-state index >= 15 is 0 Å².